The lowest BCUT2D eigenvalue weighted by atomic mass is 9.77. The summed E-state index contributed by atoms with van der Waals surface area (Å²) in [6.07, 6.45) is 3.09. The molecule has 118 valence electrons. The van der Waals surface area contributed by atoms with Gasteiger partial charge in [-0.25, -0.2) is 0 Å². The van der Waals surface area contributed by atoms with Crippen molar-refractivity contribution in [2.75, 3.05) is 19.7 Å². The van der Waals surface area contributed by atoms with E-state index in [-0.39, 0.29) is 11.1 Å². The van der Waals surface area contributed by atoms with Crippen LogP contribution in [0.4, 0.5) is 0 Å². The fourth-order valence-corrected chi connectivity index (χ4v) is 3.54. The highest BCUT2D eigenvalue weighted by molar-refractivity contribution is 5.15. The van der Waals surface area contributed by atoms with Gasteiger partial charge in [0.2, 0.25) is 0 Å². The molecule has 1 aliphatic rings. The molecule has 1 saturated heterocycles. The van der Waals surface area contributed by atoms with E-state index in [0.29, 0.717) is 6.54 Å². The summed E-state index contributed by atoms with van der Waals surface area (Å²) in [5.41, 5.74) is 7.63. The summed E-state index contributed by atoms with van der Waals surface area (Å²) in [5.74, 6) is 0. The van der Waals surface area contributed by atoms with Crippen LogP contribution in [0.15, 0.2) is 30.3 Å². The van der Waals surface area contributed by atoms with Crippen molar-refractivity contribution in [3.63, 3.8) is 0 Å². The third kappa shape index (κ3) is 3.65. The van der Waals surface area contributed by atoms with Crippen molar-refractivity contribution in [3.05, 3.63) is 35.9 Å². The van der Waals surface area contributed by atoms with Gasteiger partial charge in [-0.2, -0.15) is 0 Å². The third-order valence-electron chi connectivity index (χ3n) is 5.12. The highest BCUT2D eigenvalue weighted by Gasteiger charge is 2.44. The summed E-state index contributed by atoms with van der Waals surface area (Å²) in [6, 6.07) is 10.7. The zero-order valence-electron chi connectivity index (χ0n) is 13.8. The van der Waals surface area contributed by atoms with Crippen LogP contribution in [0.3, 0.4) is 0 Å². The Morgan fingerprint density at radius 3 is 2.52 bits per heavy atom. The summed E-state index contributed by atoms with van der Waals surface area (Å²) in [7, 11) is 0. The smallest absolute Gasteiger partial charge is 0.0670 e. The molecule has 1 aromatic rings. The topological polar surface area (TPSA) is 38.5 Å². The monoisotopic (exact) mass is 290 g/mol. The van der Waals surface area contributed by atoms with Gasteiger partial charge >= 0.3 is 0 Å². The van der Waals surface area contributed by atoms with Crippen LogP contribution in [-0.2, 0) is 11.3 Å². The molecular weight excluding hydrogens is 260 g/mol. The van der Waals surface area contributed by atoms with Crippen LogP contribution >= 0.6 is 0 Å². The SMILES string of the molecule is CCN(Cc1ccccc1)C1(CN)CCOC(C)(CC)C1. The lowest BCUT2D eigenvalue weighted by Crippen LogP contribution is -2.60. The van der Waals surface area contributed by atoms with E-state index in [1.807, 2.05) is 0 Å². The molecule has 2 atom stereocenters. The number of hydrogen-bond donors (Lipinski definition) is 1. The summed E-state index contributed by atoms with van der Waals surface area (Å²) >= 11 is 0. The number of hydrogen-bond acceptors (Lipinski definition) is 3. The molecule has 0 aliphatic carbocycles. The molecule has 0 saturated carbocycles. The van der Waals surface area contributed by atoms with Gasteiger partial charge in [-0.05, 0) is 38.3 Å². The highest BCUT2D eigenvalue weighted by atomic mass is 16.5. The quantitative estimate of drug-likeness (QED) is 0.874. The molecule has 3 nitrogen and oxygen atoms in total. The number of nitrogens with zero attached hydrogens (tertiary/aromatic N) is 1. The van der Waals surface area contributed by atoms with Gasteiger partial charge in [0.25, 0.3) is 0 Å². The second-order valence-electron chi connectivity index (χ2n) is 6.51. The van der Waals surface area contributed by atoms with Crippen molar-refractivity contribution in [3.8, 4) is 0 Å². The van der Waals surface area contributed by atoms with E-state index in [1.54, 1.807) is 0 Å². The fraction of sp³-hybridized carbons (Fsp3) is 0.667. The minimum absolute atomic E-state index is 0.0400. The molecule has 0 amide bonds. The first kappa shape index (κ1) is 16.5. The van der Waals surface area contributed by atoms with E-state index in [4.69, 9.17) is 10.5 Å². The molecule has 0 spiro atoms. The van der Waals surface area contributed by atoms with E-state index in [1.165, 1.54) is 5.56 Å². The molecule has 21 heavy (non-hydrogen) atoms. The molecule has 1 heterocycles. The average Bonchev–Trinajstić information content (AvgIpc) is 2.53. The first-order chi connectivity index (χ1) is 10.1. The maximum Gasteiger partial charge on any atom is 0.0670 e. The molecule has 3 heteroatoms. The van der Waals surface area contributed by atoms with Crippen LogP contribution in [0.5, 0.6) is 0 Å². The first-order valence-corrected chi connectivity index (χ1v) is 8.20. The summed E-state index contributed by atoms with van der Waals surface area (Å²) in [4.78, 5) is 2.55. The second-order valence-corrected chi connectivity index (χ2v) is 6.51. The Bertz CT molecular complexity index is 436. The maximum absolute atomic E-state index is 6.25. The van der Waals surface area contributed by atoms with E-state index in [0.717, 1.165) is 39.0 Å². The Kier molecular flexibility index (Phi) is 5.42. The normalized spacial score (nSPS) is 29.8. The highest BCUT2D eigenvalue weighted by Crippen LogP contribution is 2.38. The van der Waals surface area contributed by atoms with Gasteiger partial charge < -0.3 is 10.5 Å². The van der Waals surface area contributed by atoms with Crippen LogP contribution in [0, 0.1) is 0 Å². The van der Waals surface area contributed by atoms with Crippen molar-refractivity contribution in [2.24, 2.45) is 5.73 Å². The predicted molar refractivity (Wildman–Crippen MR) is 88.2 cm³/mol. The fourth-order valence-electron chi connectivity index (χ4n) is 3.54. The number of benzene rings is 1. The van der Waals surface area contributed by atoms with Crippen molar-refractivity contribution < 1.29 is 4.74 Å². The van der Waals surface area contributed by atoms with Crippen molar-refractivity contribution in [1.82, 2.24) is 4.90 Å². The molecular formula is C18H30N2O. The van der Waals surface area contributed by atoms with E-state index < -0.39 is 0 Å². The van der Waals surface area contributed by atoms with Gasteiger partial charge in [0.05, 0.1) is 5.60 Å². The number of ether oxygens (including phenoxy) is 1. The molecule has 0 bridgehead atoms. The zero-order valence-corrected chi connectivity index (χ0v) is 13.8. The maximum atomic E-state index is 6.25. The van der Waals surface area contributed by atoms with E-state index in [2.05, 4.69) is 56.0 Å². The molecule has 0 radical (unpaired) electrons. The Labute approximate surface area is 129 Å². The first-order valence-electron chi connectivity index (χ1n) is 8.20. The average molecular weight is 290 g/mol. The van der Waals surface area contributed by atoms with E-state index >= 15 is 0 Å². The lowest BCUT2D eigenvalue weighted by Gasteiger charge is -2.51. The molecule has 2 rings (SSSR count). The van der Waals surface area contributed by atoms with Gasteiger partial charge in [-0.1, -0.05) is 44.2 Å². The van der Waals surface area contributed by atoms with Crippen molar-refractivity contribution >= 4 is 0 Å². The van der Waals surface area contributed by atoms with E-state index in [9.17, 15) is 0 Å². The second kappa shape index (κ2) is 6.91. The van der Waals surface area contributed by atoms with Crippen LogP contribution in [0.1, 0.15) is 45.6 Å². The van der Waals surface area contributed by atoms with Gasteiger partial charge in [0.15, 0.2) is 0 Å². The van der Waals surface area contributed by atoms with Crippen molar-refractivity contribution in [1.29, 1.82) is 0 Å². The summed E-state index contributed by atoms with van der Waals surface area (Å²) < 4.78 is 6.03. The van der Waals surface area contributed by atoms with Crippen LogP contribution in [0.25, 0.3) is 0 Å². The lowest BCUT2D eigenvalue weighted by molar-refractivity contribution is -0.130. The number of nitrogens with two attached hydrogens (primary N) is 1. The Hall–Kier alpha value is -0.900. The molecule has 1 aliphatic heterocycles. The summed E-state index contributed by atoms with van der Waals surface area (Å²) in [5, 5.41) is 0. The third-order valence-corrected chi connectivity index (χ3v) is 5.12. The summed E-state index contributed by atoms with van der Waals surface area (Å²) in [6.45, 7) is 10.2. The zero-order chi connectivity index (χ0) is 15.3. The van der Waals surface area contributed by atoms with Gasteiger partial charge in [0, 0.05) is 25.2 Å². The molecule has 0 aromatic heterocycles. The predicted octanol–water partition coefficient (Wildman–Crippen LogP) is 3.19. The number of likely N-dealkylation sites (N-methyl/N-ethyl adjacent to an activating group) is 1. The Morgan fingerprint density at radius 2 is 1.95 bits per heavy atom. The molecule has 2 N–H and O–H groups in total. The molecule has 1 fully saturated rings. The van der Waals surface area contributed by atoms with Crippen molar-refractivity contribution in [2.45, 2.75) is 57.7 Å². The van der Waals surface area contributed by atoms with Gasteiger partial charge in [-0.3, -0.25) is 4.90 Å². The minimum atomic E-state index is -0.0400. The van der Waals surface area contributed by atoms with Gasteiger partial charge in [0.1, 0.15) is 0 Å². The largest absolute Gasteiger partial charge is 0.375 e. The molecule has 1 aromatic carbocycles. The Balaban J connectivity index is 2.20. The Morgan fingerprint density at radius 1 is 1.24 bits per heavy atom. The standard InChI is InChI=1S/C18H30N2O/c1-4-17(3)14-18(15-19,11-12-21-17)20(5-2)13-16-9-7-6-8-10-16/h6-10H,4-5,11-15,19H2,1-3H3. The minimum Gasteiger partial charge on any atom is -0.375 e. The van der Waals surface area contributed by atoms with Crippen LogP contribution < -0.4 is 5.73 Å². The number of rotatable bonds is 6. The van der Waals surface area contributed by atoms with Crippen LogP contribution in [-0.4, -0.2) is 35.7 Å². The van der Waals surface area contributed by atoms with Gasteiger partial charge in [-0.15, -0.1) is 0 Å². The molecule has 2 unspecified atom stereocenters. The van der Waals surface area contributed by atoms with Crippen LogP contribution in [0.2, 0.25) is 0 Å².